The zero-order chi connectivity index (χ0) is 14.1. The molecule has 1 N–H and O–H groups in total. The van der Waals surface area contributed by atoms with Gasteiger partial charge >= 0.3 is 0 Å². The number of nitrogens with zero attached hydrogens (tertiary/aromatic N) is 2. The van der Waals surface area contributed by atoms with Gasteiger partial charge in [-0.1, -0.05) is 0 Å². The lowest BCUT2D eigenvalue weighted by molar-refractivity contribution is 0.0913. The quantitative estimate of drug-likeness (QED) is 0.916. The lowest BCUT2D eigenvalue weighted by atomic mass is 9.91. The van der Waals surface area contributed by atoms with E-state index in [-0.39, 0.29) is 11.5 Å². The maximum atomic E-state index is 13.5. The Morgan fingerprint density at radius 2 is 2.15 bits per heavy atom. The Labute approximate surface area is 118 Å². The third-order valence-electron chi connectivity index (χ3n) is 4.76. The summed E-state index contributed by atoms with van der Waals surface area (Å²) in [6, 6.07) is 2.74. The molecule has 3 heterocycles. The van der Waals surface area contributed by atoms with Gasteiger partial charge in [0.05, 0.1) is 11.8 Å². The number of hydrogen-bond donors (Lipinski definition) is 1. The van der Waals surface area contributed by atoms with E-state index in [2.05, 4.69) is 22.2 Å². The van der Waals surface area contributed by atoms with Crippen molar-refractivity contribution in [2.45, 2.75) is 37.8 Å². The summed E-state index contributed by atoms with van der Waals surface area (Å²) < 4.78 is 13.5. The molecule has 2 unspecified atom stereocenters. The number of amides is 1. The van der Waals surface area contributed by atoms with Crippen LogP contribution in [0.25, 0.3) is 0 Å². The number of carbonyl (C=O) groups is 1. The van der Waals surface area contributed by atoms with Crippen LogP contribution in [0.2, 0.25) is 0 Å². The number of fused-ring (bicyclic) bond motifs is 2. The monoisotopic (exact) mass is 277 g/mol. The van der Waals surface area contributed by atoms with Crippen molar-refractivity contribution < 1.29 is 9.18 Å². The van der Waals surface area contributed by atoms with Crippen LogP contribution in [0.15, 0.2) is 18.5 Å². The van der Waals surface area contributed by atoms with Gasteiger partial charge in [0.25, 0.3) is 5.91 Å². The summed E-state index contributed by atoms with van der Waals surface area (Å²) in [6.45, 7) is 0.640. The van der Waals surface area contributed by atoms with Gasteiger partial charge in [0.15, 0.2) is 5.82 Å². The molecule has 2 aliphatic rings. The summed E-state index contributed by atoms with van der Waals surface area (Å²) in [5, 5.41) is 2.87. The molecule has 0 aromatic carbocycles. The summed E-state index contributed by atoms with van der Waals surface area (Å²) in [5.41, 5.74) is 0.0795. The lowest BCUT2D eigenvalue weighted by Gasteiger charge is -2.36. The minimum Gasteiger partial charge on any atom is -0.352 e. The zero-order valence-corrected chi connectivity index (χ0v) is 11.7. The second-order valence-electron chi connectivity index (χ2n) is 5.95. The number of carbonyl (C=O) groups excluding carboxylic acids is 1. The highest BCUT2D eigenvalue weighted by Crippen LogP contribution is 2.36. The number of halogens is 1. The molecule has 0 radical (unpaired) electrons. The molecular formula is C15H20FN3O. The van der Waals surface area contributed by atoms with Gasteiger partial charge in [0, 0.05) is 24.8 Å². The van der Waals surface area contributed by atoms with Gasteiger partial charge < -0.3 is 10.2 Å². The van der Waals surface area contributed by atoms with E-state index < -0.39 is 5.82 Å². The van der Waals surface area contributed by atoms with Crippen molar-refractivity contribution in [2.24, 2.45) is 5.92 Å². The summed E-state index contributed by atoms with van der Waals surface area (Å²) >= 11 is 0. The highest BCUT2D eigenvalue weighted by molar-refractivity contribution is 5.94. The Bertz CT molecular complexity index is 494. The average Bonchev–Trinajstić information content (AvgIpc) is 2.66. The molecule has 0 saturated carbocycles. The minimum absolute atomic E-state index is 0.0795. The molecule has 2 aliphatic heterocycles. The standard InChI is InChI=1S/C15H20FN3O/c1-19-11-2-3-12(19)7-10(6-11)8-18-15(20)13-4-5-17-9-14(13)16/h4-5,9-12H,2-3,6-8H2,1H3,(H,18,20). The minimum atomic E-state index is -0.562. The molecule has 20 heavy (non-hydrogen) atoms. The van der Waals surface area contributed by atoms with Crippen LogP contribution in [-0.4, -0.2) is 41.5 Å². The van der Waals surface area contributed by atoms with Crippen molar-refractivity contribution in [3.05, 3.63) is 29.8 Å². The van der Waals surface area contributed by atoms with Gasteiger partial charge in [-0.05, 0) is 44.7 Å². The third kappa shape index (κ3) is 2.54. The summed E-state index contributed by atoms with van der Waals surface area (Å²) in [7, 11) is 2.20. The second-order valence-corrected chi connectivity index (χ2v) is 5.95. The third-order valence-corrected chi connectivity index (χ3v) is 4.76. The summed E-state index contributed by atoms with van der Waals surface area (Å²) in [5.74, 6) is -0.387. The largest absolute Gasteiger partial charge is 0.352 e. The Morgan fingerprint density at radius 1 is 1.45 bits per heavy atom. The van der Waals surface area contributed by atoms with Gasteiger partial charge in [-0.3, -0.25) is 9.78 Å². The number of aromatic nitrogens is 1. The Kier molecular flexibility index (Phi) is 3.70. The van der Waals surface area contributed by atoms with Crippen LogP contribution < -0.4 is 5.32 Å². The van der Waals surface area contributed by atoms with E-state index in [4.69, 9.17) is 0 Å². The molecule has 1 aromatic heterocycles. The zero-order valence-electron chi connectivity index (χ0n) is 11.7. The first-order chi connectivity index (χ1) is 9.65. The van der Waals surface area contributed by atoms with Gasteiger partial charge in [-0.15, -0.1) is 0 Å². The molecule has 4 nitrogen and oxygen atoms in total. The van der Waals surface area contributed by atoms with E-state index in [9.17, 15) is 9.18 Å². The lowest BCUT2D eigenvalue weighted by Crippen LogP contribution is -2.43. The van der Waals surface area contributed by atoms with Crippen molar-refractivity contribution in [3.8, 4) is 0 Å². The van der Waals surface area contributed by atoms with E-state index in [1.807, 2.05) is 0 Å². The van der Waals surface area contributed by atoms with Crippen LogP contribution in [-0.2, 0) is 0 Å². The van der Waals surface area contributed by atoms with Gasteiger partial charge in [-0.25, -0.2) is 4.39 Å². The van der Waals surface area contributed by atoms with E-state index >= 15 is 0 Å². The number of nitrogens with one attached hydrogen (secondary N) is 1. The molecule has 1 amide bonds. The highest BCUT2D eigenvalue weighted by Gasteiger charge is 2.38. The van der Waals surface area contributed by atoms with E-state index in [0.29, 0.717) is 24.5 Å². The topological polar surface area (TPSA) is 45.2 Å². The van der Waals surface area contributed by atoms with Gasteiger partial charge in [-0.2, -0.15) is 0 Å². The Morgan fingerprint density at radius 3 is 2.80 bits per heavy atom. The molecule has 108 valence electrons. The van der Waals surface area contributed by atoms with Gasteiger partial charge in [0.1, 0.15) is 0 Å². The molecule has 0 spiro atoms. The molecule has 3 rings (SSSR count). The smallest absolute Gasteiger partial charge is 0.254 e. The molecule has 1 aromatic rings. The fourth-order valence-electron chi connectivity index (χ4n) is 3.58. The highest BCUT2D eigenvalue weighted by atomic mass is 19.1. The first-order valence-corrected chi connectivity index (χ1v) is 7.25. The Hall–Kier alpha value is -1.49. The fourth-order valence-corrected chi connectivity index (χ4v) is 3.58. The van der Waals surface area contributed by atoms with Crippen LogP contribution in [0, 0.1) is 11.7 Å². The van der Waals surface area contributed by atoms with Crippen molar-refractivity contribution in [3.63, 3.8) is 0 Å². The van der Waals surface area contributed by atoms with Crippen molar-refractivity contribution in [1.82, 2.24) is 15.2 Å². The second kappa shape index (κ2) is 5.48. The molecule has 0 aliphatic carbocycles. The first-order valence-electron chi connectivity index (χ1n) is 7.25. The van der Waals surface area contributed by atoms with E-state index in [1.165, 1.54) is 25.1 Å². The van der Waals surface area contributed by atoms with Crippen molar-refractivity contribution >= 4 is 5.91 Å². The van der Waals surface area contributed by atoms with Gasteiger partial charge in [0.2, 0.25) is 0 Å². The predicted molar refractivity (Wildman–Crippen MR) is 73.8 cm³/mol. The molecule has 2 bridgehead atoms. The van der Waals surface area contributed by atoms with Crippen LogP contribution in [0.1, 0.15) is 36.0 Å². The maximum absolute atomic E-state index is 13.5. The van der Waals surface area contributed by atoms with Crippen LogP contribution in [0.3, 0.4) is 0 Å². The predicted octanol–water partition coefficient (Wildman–Crippen LogP) is 1.82. The van der Waals surface area contributed by atoms with Crippen LogP contribution in [0.5, 0.6) is 0 Å². The van der Waals surface area contributed by atoms with E-state index in [0.717, 1.165) is 19.0 Å². The van der Waals surface area contributed by atoms with Crippen molar-refractivity contribution in [2.75, 3.05) is 13.6 Å². The number of piperidine rings is 1. The normalized spacial score (nSPS) is 29.4. The summed E-state index contributed by atoms with van der Waals surface area (Å²) in [4.78, 5) is 18.1. The number of pyridine rings is 1. The molecule has 2 fully saturated rings. The van der Waals surface area contributed by atoms with E-state index in [1.54, 1.807) is 0 Å². The van der Waals surface area contributed by atoms with Crippen molar-refractivity contribution in [1.29, 1.82) is 0 Å². The fraction of sp³-hybridized carbons (Fsp3) is 0.600. The molecule has 2 saturated heterocycles. The summed E-state index contributed by atoms with van der Waals surface area (Å²) in [6.07, 6.45) is 7.31. The average molecular weight is 277 g/mol. The van der Waals surface area contributed by atoms with Crippen LogP contribution in [0.4, 0.5) is 4.39 Å². The number of rotatable bonds is 3. The molecule has 5 heteroatoms. The SMILES string of the molecule is CN1C2CCC1CC(CNC(=O)c1ccncc1F)C2. The Balaban J connectivity index is 1.56. The molecular weight excluding hydrogens is 257 g/mol. The van der Waals surface area contributed by atoms with Crippen LogP contribution >= 0.6 is 0 Å². The molecule has 2 atom stereocenters. The maximum Gasteiger partial charge on any atom is 0.254 e. The number of hydrogen-bond acceptors (Lipinski definition) is 3. The first kappa shape index (κ1) is 13.5.